The van der Waals surface area contributed by atoms with Crippen molar-refractivity contribution in [3.05, 3.63) is 90.1 Å². The number of nitrogens with one attached hydrogen (secondary N) is 2. The molecule has 1 aliphatic heterocycles. The highest BCUT2D eigenvalue weighted by Crippen LogP contribution is 2.34. The lowest BCUT2D eigenvalue weighted by atomic mass is 10.1. The van der Waals surface area contributed by atoms with Crippen LogP contribution >= 0.6 is 0 Å². The van der Waals surface area contributed by atoms with Crippen molar-refractivity contribution < 1.29 is 22.7 Å². The highest BCUT2D eigenvalue weighted by molar-refractivity contribution is 6.04. The van der Waals surface area contributed by atoms with Crippen LogP contribution in [0.15, 0.2) is 73.4 Å². The molecule has 2 aromatic carbocycles. The van der Waals surface area contributed by atoms with E-state index in [1.807, 2.05) is 29.7 Å². The number of hydrogen-bond donors (Lipinski definition) is 2. The first-order chi connectivity index (χ1) is 20.3. The summed E-state index contributed by atoms with van der Waals surface area (Å²) >= 11 is 0. The Labute approximate surface area is 238 Å². The molecule has 1 fully saturated rings. The van der Waals surface area contributed by atoms with Crippen LogP contribution in [-0.4, -0.2) is 37.0 Å². The third-order valence-corrected chi connectivity index (χ3v) is 7.11. The molecular formula is C30H26F3N7O2. The number of halogens is 3. The van der Waals surface area contributed by atoms with Gasteiger partial charge in [-0.15, -0.1) is 0 Å². The predicted molar refractivity (Wildman–Crippen MR) is 151 cm³/mol. The van der Waals surface area contributed by atoms with Crippen molar-refractivity contribution in [1.82, 2.24) is 24.5 Å². The number of nitrogens with zero attached hydrogens (tertiary/aromatic N) is 5. The fraction of sp³-hybridized carbons (Fsp3) is 0.233. The number of aryl methyl sites for hydroxylation is 1. The quantitative estimate of drug-likeness (QED) is 0.227. The van der Waals surface area contributed by atoms with E-state index in [2.05, 4.69) is 30.6 Å². The SMILES string of the molecule is Cc1ccc(NC(=O)c2ccc(C(F)(F)F)cc2)cc1Nc1ncccc1-c1ncnc2c1ncn2C1CCCCO1. The highest BCUT2D eigenvalue weighted by atomic mass is 19.4. The standard InChI is InChI=1S/C30H26F3N7O2/c1-18-7-12-21(38-29(41)19-8-10-20(11-9-19)30(31,32)33)15-23(18)39-27-22(5-4-13-34-27)25-26-28(36-16-35-25)40(17-37-26)24-6-2-3-14-42-24/h4-5,7-13,15-17,24H,2-3,6,14H2,1H3,(H,34,39)(H,38,41). The number of ether oxygens (including phenoxy) is 1. The number of hydrogen-bond acceptors (Lipinski definition) is 7. The van der Waals surface area contributed by atoms with Crippen molar-refractivity contribution in [1.29, 1.82) is 0 Å². The van der Waals surface area contributed by atoms with Gasteiger partial charge in [0.05, 0.1) is 11.9 Å². The number of fused-ring (bicyclic) bond motifs is 1. The minimum atomic E-state index is -4.47. The number of alkyl halides is 3. The summed E-state index contributed by atoms with van der Waals surface area (Å²) in [5, 5.41) is 6.09. The van der Waals surface area contributed by atoms with Crippen LogP contribution in [0.2, 0.25) is 0 Å². The van der Waals surface area contributed by atoms with E-state index >= 15 is 0 Å². The van der Waals surface area contributed by atoms with Gasteiger partial charge in [-0.05, 0) is 80.3 Å². The lowest BCUT2D eigenvalue weighted by Crippen LogP contribution is -2.17. The Kier molecular flexibility index (Phi) is 7.29. The second kappa shape index (κ2) is 11.2. The maximum Gasteiger partial charge on any atom is 0.416 e. The summed E-state index contributed by atoms with van der Waals surface area (Å²) in [4.78, 5) is 30.9. The van der Waals surface area contributed by atoms with Crippen molar-refractivity contribution in [2.24, 2.45) is 0 Å². The fourth-order valence-electron chi connectivity index (χ4n) is 4.87. The van der Waals surface area contributed by atoms with Crippen molar-refractivity contribution in [2.75, 3.05) is 17.2 Å². The van der Waals surface area contributed by atoms with Crippen LogP contribution in [0.4, 0.5) is 30.4 Å². The van der Waals surface area contributed by atoms with Crippen molar-refractivity contribution in [3.8, 4) is 11.3 Å². The van der Waals surface area contributed by atoms with Gasteiger partial charge in [-0.3, -0.25) is 9.36 Å². The maximum atomic E-state index is 12.9. The number of aromatic nitrogens is 5. The highest BCUT2D eigenvalue weighted by Gasteiger charge is 2.30. The van der Waals surface area contributed by atoms with E-state index in [1.165, 1.54) is 6.33 Å². The van der Waals surface area contributed by atoms with Crippen molar-refractivity contribution >= 4 is 34.3 Å². The summed E-state index contributed by atoms with van der Waals surface area (Å²) in [5.74, 6) is -0.00625. The van der Waals surface area contributed by atoms with Crippen molar-refractivity contribution in [3.63, 3.8) is 0 Å². The van der Waals surface area contributed by atoms with E-state index in [1.54, 1.807) is 24.7 Å². The van der Waals surface area contributed by atoms with Crippen LogP contribution in [0.1, 0.15) is 47.0 Å². The van der Waals surface area contributed by atoms with E-state index < -0.39 is 17.6 Å². The van der Waals surface area contributed by atoms with Crippen LogP contribution in [-0.2, 0) is 10.9 Å². The van der Waals surface area contributed by atoms with E-state index in [0.29, 0.717) is 46.2 Å². The first-order valence-corrected chi connectivity index (χ1v) is 13.4. The first-order valence-electron chi connectivity index (χ1n) is 13.4. The molecule has 1 amide bonds. The van der Waals surface area contributed by atoms with Crippen molar-refractivity contribution in [2.45, 2.75) is 38.6 Å². The second-order valence-corrected chi connectivity index (χ2v) is 9.95. The molecule has 42 heavy (non-hydrogen) atoms. The number of carbonyl (C=O) groups excluding carboxylic acids is 1. The second-order valence-electron chi connectivity index (χ2n) is 9.95. The fourth-order valence-corrected chi connectivity index (χ4v) is 4.87. The van der Waals surface area contributed by atoms with Gasteiger partial charge in [-0.2, -0.15) is 13.2 Å². The lowest BCUT2D eigenvalue weighted by Gasteiger charge is -2.23. The Morgan fingerprint density at radius 2 is 1.86 bits per heavy atom. The molecule has 1 atom stereocenters. The van der Waals surface area contributed by atoms with E-state index in [4.69, 9.17) is 4.74 Å². The summed E-state index contributed by atoms with van der Waals surface area (Å²) in [6, 6.07) is 13.0. The predicted octanol–water partition coefficient (Wildman–Crippen LogP) is 6.91. The molecule has 9 nitrogen and oxygen atoms in total. The zero-order valence-corrected chi connectivity index (χ0v) is 22.5. The van der Waals surface area contributed by atoms with Gasteiger partial charge in [-0.1, -0.05) is 6.07 Å². The number of benzene rings is 2. The number of carbonyl (C=O) groups is 1. The largest absolute Gasteiger partial charge is 0.416 e. The number of pyridine rings is 1. The Morgan fingerprint density at radius 3 is 2.62 bits per heavy atom. The maximum absolute atomic E-state index is 12.9. The lowest BCUT2D eigenvalue weighted by molar-refractivity contribution is -0.137. The van der Waals surface area contributed by atoms with Crippen LogP contribution in [0.25, 0.3) is 22.4 Å². The Balaban J connectivity index is 1.27. The number of anilines is 3. The molecule has 5 aromatic rings. The minimum Gasteiger partial charge on any atom is -0.358 e. The Hall–Kier alpha value is -4.84. The molecule has 2 N–H and O–H groups in total. The molecule has 1 saturated heterocycles. The third kappa shape index (κ3) is 5.53. The Morgan fingerprint density at radius 1 is 1.02 bits per heavy atom. The van der Waals surface area contributed by atoms with Gasteiger partial charge >= 0.3 is 6.18 Å². The summed E-state index contributed by atoms with van der Waals surface area (Å²) in [6.45, 7) is 2.60. The zero-order chi connectivity index (χ0) is 29.3. The molecule has 12 heteroatoms. The first kappa shape index (κ1) is 27.3. The van der Waals surface area contributed by atoms with Crippen LogP contribution in [0.3, 0.4) is 0 Å². The van der Waals surface area contributed by atoms with Gasteiger partial charge in [0.1, 0.15) is 29.6 Å². The molecule has 0 aliphatic carbocycles. The van der Waals surface area contributed by atoms with Gasteiger partial charge in [0.15, 0.2) is 5.65 Å². The number of amides is 1. The normalized spacial score (nSPS) is 15.5. The summed E-state index contributed by atoms with van der Waals surface area (Å²) in [7, 11) is 0. The smallest absolute Gasteiger partial charge is 0.358 e. The van der Waals surface area contributed by atoms with Crippen LogP contribution < -0.4 is 10.6 Å². The van der Waals surface area contributed by atoms with Crippen LogP contribution in [0, 0.1) is 6.92 Å². The monoisotopic (exact) mass is 573 g/mol. The van der Waals surface area contributed by atoms with Gasteiger partial charge in [0.25, 0.3) is 5.91 Å². The third-order valence-electron chi connectivity index (χ3n) is 7.11. The summed E-state index contributed by atoms with van der Waals surface area (Å²) in [5.41, 5.74) is 3.91. The van der Waals surface area contributed by atoms with E-state index in [9.17, 15) is 18.0 Å². The van der Waals surface area contributed by atoms with Gasteiger partial charge in [0.2, 0.25) is 0 Å². The molecule has 1 aliphatic rings. The van der Waals surface area contributed by atoms with Gasteiger partial charge in [0, 0.05) is 35.3 Å². The molecule has 1 unspecified atom stereocenters. The van der Waals surface area contributed by atoms with E-state index in [-0.39, 0.29) is 11.8 Å². The van der Waals surface area contributed by atoms with Crippen LogP contribution in [0.5, 0.6) is 0 Å². The molecule has 4 heterocycles. The zero-order valence-electron chi connectivity index (χ0n) is 22.5. The average Bonchev–Trinajstić information content (AvgIpc) is 3.44. The molecule has 214 valence electrons. The van der Waals surface area contributed by atoms with Gasteiger partial charge < -0.3 is 15.4 Å². The number of rotatable bonds is 6. The summed E-state index contributed by atoms with van der Waals surface area (Å²) < 4.78 is 46.6. The minimum absolute atomic E-state index is 0.107. The van der Waals surface area contributed by atoms with E-state index in [0.717, 1.165) is 49.1 Å². The molecule has 0 bridgehead atoms. The molecule has 0 saturated carbocycles. The molecule has 6 rings (SSSR count). The molecule has 0 radical (unpaired) electrons. The number of imidazole rings is 1. The molecule has 0 spiro atoms. The van der Waals surface area contributed by atoms with Gasteiger partial charge in [-0.25, -0.2) is 19.9 Å². The summed E-state index contributed by atoms with van der Waals surface area (Å²) in [6.07, 6.45) is 3.28. The molecular weight excluding hydrogens is 547 g/mol. The Bertz CT molecular complexity index is 1750. The topological polar surface area (TPSA) is 107 Å². The average molecular weight is 574 g/mol. The molecule has 3 aromatic heterocycles.